The number of rotatable bonds is 2. The molecule has 2 rings (SSSR count). The summed E-state index contributed by atoms with van der Waals surface area (Å²) in [4.78, 5) is 24.1. The molecular formula is C9H6ClN3O3. The molecule has 2 N–H and O–H groups in total. The van der Waals surface area contributed by atoms with E-state index in [-0.39, 0.29) is 0 Å². The first-order valence-corrected chi connectivity index (χ1v) is 4.64. The molecule has 0 amide bonds. The van der Waals surface area contributed by atoms with Crippen molar-refractivity contribution in [3.05, 3.63) is 45.6 Å². The highest BCUT2D eigenvalue weighted by atomic mass is 35.5. The molecule has 0 radical (unpaired) electrons. The first-order valence-electron chi connectivity index (χ1n) is 4.26. The normalized spacial score (nSPS) is 10.3. The number of nitrogens with one attached hydrogen (secondary N) is 1. The summed E-state index contributed by atoms with van der Waals surface area (Å²) >= 11 is 5.68. The zero-order chi connectivity index (χ0) is 11.7. The van der Waals surface area contributed by atoms with Gasteiger partial charge in [0.2, 0.25) is 5.82 Å². The summed E-state index contributed by atoms with van der Waals surface area (Å²) in [6.07, 6.45) is 0. The number of hydrogen-bond acceptors (Lipinski definition) is 3. The lowest BCUT2D eigenvalue weighted by Crippen LogP contribution is -2.15. The molecule has 16 heavy (non-hydrogen) atoms. The van der Waals surface area contributed by atoms with E-state index in [0.717, 1.165) is 4.68 Å². The molecule has 1 aromatic carbocycles. The molecule has 1 heterocycles. The zero-order valence-electron chi connectivity index (χ0n) is 7.85. The fraction of sp³-hybridized carbons (Fsp3) is 0. The molecule has 0 aliphatic rings. The van der Waals surface area contributed by atoms with E-state index in [2.05, 4.69) is 10.1 Å². The van der Waals surface area contributed by atoms with Crippen molar-refractivity contribution in [3.63, 3.8) is 0 Å². The van der Waals surface area contributed by atoms with Gasteiger partial charge in [-0.1, -0.05) is 11.6 Å². The molecule has 0 aliphatic heterocycles. The predicted molar refractivity (Wildman–Crippen MR) is 56.2 cm³/mol. The van der Waals surface area contributed by atoms with Gasteiger partial charge in [-0.2, -0.15) is 4.68 Å². The lowest BCUT2D eigenvalue weighted by Gasteiger charge is -1.97. The molecular weight excluding hydrogens is 234 g/mol. The Balaban J connectivity index is 2.52. The van der Waals surface area contributed by atoms with Crippen LogP contribution in [0.1, 0.15) is 10.6 Å². The lowest BCUT2D eigenvalue weighted by molar-refractivity contribution is 0.0683. The number of H-pyrrole nitrogens is 1. The maximum absolute atomic E-state index is 11.4. The van der Waals surface area contributed by atoms with Crippen molar-refractivity contribution < 1.29 is 9.90 Å². The second kappa shape index (κ2) is 3.82. The Bertz CT molecular complexity index is 585. The van der Waals surface area contributed by atoms with Crippen molar-refractivity contribution in [1.29, 1.82) is 0 Å². The average Bonchev–Trinajstić information content (AvgIpc) is 2.62. The highest BCUT2D eigenvalue weighted by molar-refractivity contribution is 6.30. The van der Waals surface area contributed by atoms with E-state index >= 15 is 0 Å². The Labute approximate surface area is 94.1 Å². The fourth-order valence-corrected chi connectivity index (χ4v) is 1.30. The highest BCUT2D eigenvalue weighted by Gasteiger charge is 2.12. The smallest absolute Gasteiger partial charge is 0.373 e. The quantitative estimate of drug-likeness (QED) is 0.815. The first kappa shape index (κ1) is 10.4. The van der Waals surface area contributed by atoms with Crippen LogP contribution in [0.2, 0.25) is 5.02 Å². The molecule has 7 heteroatoms. The maximum atomic E-state index is 11.4. The first-order chi connectivity index (χ1) is 7.58. The molecule has 0 saturated heterocycles. The molecule has 0 saturated carbocycles. The van der Waals surface area contributed by atoms with Crippen molar-refractivity contribution >= 4 is 17.6 Å². The van der Waals surface area contributed by atoms with Crippen LogP contribution in [-0.4, -0.2) is 25.8 Å². The van der Waals surface area contributed by atoms with Crippen LogP contribution >= 0.6 is 11.6 Å². The third-order valence-corrected chi connectivity index (χ3v) is 2.14. The van der Waals surface area contributed by atoms with E-state index in [4.69, 9.17) is 16.7 Å². The van der Waals surface area contributed by atoms with Gasteiger partial charge in [-0.25, -0.2) is 9.59 Å². The van der Waals surface area contributed by atoms with Crippen molar-refractivity contribution in [2.45, 2.75) is 0 Å². The predicted octanol–water partition coefficient (Wildman–Crippen LogP) is 0.912. The second-order valence-electron chi connectivity index (χ2n) is 2.97. The maximum Gasteiger partial charge on any atom is 0.373 e. The molecule has 6 nitrogen and oxygen atoms in total. The number of aromatic carboxylic acids is 1. The van der Waals surface area contributed by atoms with Crippen molar-refractivity contribution in [2.75, 3.05) is 0 Å². The van der Waals surface area contributed by atoms with E-state index < -0.39 is 17.5 Å². The van der Waals surface area contributed by atoms with Gasteiger partial charge in [0.25, 0.3) is 0 Å². The van der Waals surface area contributed by atoms with E-state index in [1.165, 1.54) is 0 Å². The monoisotopic (exact) mass is 239 g/mol. The van der Waals surface area contributed by atoms with Gasteiger partial charge in [-0.3, -0.25) is 4.98 Å². The van der Waals surface area contributed by atoms with Crippen LogP contribution < -0.4 is 5.69 Å². The number of halogens is 1. The Morgan fingerprint density at radius 1 is 1.38 bits per heavy atom. The molecule has 0 bridgehead atoms. The summed E-state index contributed by atoms with van der Waals surface area (Å²) in [5, 5.41) is 12.8. The molecule has 0 fully saturated rings. The van der Waals surface area contributed by atoms with Crippen molar-refractivity contribution in [3.8, 4) is 5.69 Å². The van der Waals surface area contributed by atoms with Gasteiger partial charge in [0.15, 0.2) is 0 Å². The van der Waals surface area contributed by atoms with Gasteiger partial charge < -0.3 is 5.11 Å². The Morgan fingerprint density at radius 2 is 2.00 bits per heavy atom. The topological polar surface area (TPSA) is 88.0 Å². The summed E-state index contributed by atoms with van der Waals surface area (Å²) in [5.74, 6) is -1.69. The van der Waals surface area contributed by atoms with E-state index in [1.807, 2.05) is 0 Å². The largest absolute Gasteiger partial charge is 0.475 e. The summed E-state index contributed by atoms with van der Waals surface area (Å²) in [7, 11) is 0. The summed E-state index contributed by atoms with van der Waals surface area (Å²) in [6.45, 7) is 0. The van der Waals surface area contributed by atoms with Gasteiger partial charge in [-0.15, -0.1) is 5.10 Å². The van der Waals surface area contributed by atoms with Crippen LogP contribution in [-0.2, 0) is 0 Å². The van der Waals surface area contributed by atoms with Crippen LogP contribution in [0, 0.1) is 0 Å². The third kappa shape index (κ3) is 1.82. The number of carboxylic acids is 1. The molecule has 0 atom stereocenters. The minimum Gasteiger partial charge on any atom is -0.475 e. The van der Waals surface area contributed by atoms with Crippen LogP contribution in [0.3, 0.4) is 0 Å². The summed E-state index contributed by atoms with van der Waals surface area (Å²) in [5.41, 5.74) is -0.169. The van der Waals surface area contributed by atoms with Crippen molar-refractivity contribution in [2.24, 2.45) is 0 Å². The van der Waals surface area contributed by atoms with Gasteiger partial charge in [0, 0.05) is 5.02 Å². The minimum absolute atomic E-state index is 0.403. The van der Waals surface area contributed by atoms with Crippen LogP contribution in [0.25, 0.3) is 5.69 Å². The van der Waals surface area contributed by atoms with E-state index in [0.29, 0.717) is 10.7 Å². The van der Waals surface area contributed by atoms with Gasteiger partial charge in [-0.05, 0) is 24.3 Å². The fourth-order valence-electron chi connectivity index (χ4n) is 1.18. The Morgan fingerprint density at radius 3 is 2.50 bits per heavy atom. The minimum atomic E-state index is -1.29. The zero-order valence-corrected chi connectivity index (χ0v) is 8.60. The number of carboxylic acid groups (broad SMARTS) is 1. The number of benzene rings is 1. The molecule has 0 unspecified atom stereocenters. The van der Waals surface area contributed by atoms with E-state index in [9.17, 15) is 9.59 Å². The number of hydrogen-bond donors (Lipinski definition) is 2. The molecule has 2 aromatic rings. The third-order valence-electron chi connectivity index (χ3n) is 1.89. The number of aromatic nitrogens is 3. The SMILES string of the molecule is O=C(O)c1nn(-c2ccc(Cl)cc2)c(=O)[nH]1. The molecule has 0 aliphatic carbocycles. The molecule has 0 spiro atoms. The summed E-state index contributed by atoms with van der Waals surface area (Å²) in [6, 6.07) is 6.29. The van der Waals surface area contributed by atoms with Crippen LogP contribution in [0.15, 0.2) is 29.1 Å². The van der Waals surface area contributed by atoms with Crippen LogP contribution in [0.5, 0.6) is 0 Å². The van der Waals surface area contributed by atoms with Crippen molar-refractivity contribution in [1.82, 2.24) is 14.8 Å². The van der Waals surface area contributed by atoms with Gasteiger partial charge in [0.05, 0.1) is 5.69 Å². The standard InChI is InChI=1S/C9H6ClN3O3/c10-5-1-3-6(4-2-5)13-9(16)11-7(12-13)8(14)15/h1-4H,(H,14,15)(H,11,12,16). The Hall–Kier alpha value is -2.08. The molecule has 1 aromatic heterocycles. The number of nitrogens with zero attached hydrogens (tertiary/aromatic N) is 2. The highest BCUT2D eigenvalue weighted by Crippen LogP contribution is 2.11. The molecule has 82 valence electrons. The van der Waals surface area contributed by atoms with Gasteiger partial charge in [0.1, 0.15) is 0 Å². The van der Waals surface area contributed by atoms with Crippen LogP contribution in [0.4, 0.5) is 0 Å². The average molecular weight is 240 g/mol. The number of aromatic amines is 1. The van der Waals surface area contributed by atoms with E-state index in [1.54, 1.807) is 24.3 Å². The Kier molecular flexibility index (Phi) is 2.49. The summed E-state index contributed by atoms with van der Waals surface area (Å²) < 4.78 is 0.958. The van der Waals surface area contributed by atoms with Gasteiger partial charge >= 0.3 is 11.7 Å². The second-order valence-corrected chi connectivity index (χ2v) is 3.41. The lowest BCUT2D eigenvalue weighted by atomic mass is 10.3. The number of carbonyl (C=O) groups is 1.